The van der Waals surface area contributed by atoms with Gasteiger partial charge in [0.15, 0.2) is 0 Å². The number of hydrogen-bond acceptors (Lipinski definition) is 1. The Hall–Kier alpha value is -0.330. The molecule has 2 atom stereocenters. The van der Waals surface area contributed by atoms with Crippen LogP contribution in [0.1, 0.15) is 32.1 Å². The van der Waals surface area contributed by atoms with E-state index < -0.39 is 0 Å². The van der Waals surface area contributed by atoms with Crippen molar-refractivity contribution in [2.45, 2.75) is 32.1 Å². The first-order valence-electron chi connectivity index (χ1n) is 3.93. The highest BCUT2D eigenvalue weighted by Gasteiger charge is 2.48. The Bertz CT molecular complexity index is 126. The molecule has 0 aliphatic heterocycles. The topological polar surface area (TPSA) is 17.1 Å². The molecule has 2 aliphatic carbocycles. The standard InChI is InChI=1S/C8H12O/c9-8-6-4-2-1-3-5-7(6)8/h6-7H,1-5H2. The lowest BCUT2D eigenvalue weighted by Crippen LogP contribution is -1.80. The summed E-state index contributed by atoms with van der Waals surface area (Å²) in [5, 5.41) is 0. The van der Waals surface area contributed by atoms with E-state index in [1.165, 1.54) is 32.1 Å². The maximum absolute atomic E-state index is 10.9. The van der Waals surface area contributed by atoms with Crippen LogP contribution in [-0.4, -0.2) is 5.78 Å². The van der Waals surface area contributed by atoms with Crippen LogP contribution < -0.4 is 0 Å². The zero-order valence-corrected chi connectivity index (χ0v) is 5.60. The van der Waals surface area contributed by atoms with Crippen molar-refractivity contribution in [1.82, 2.24) is 0 Å². The Kier molecular flexibility index (Phi) is 1.11. The predicted octanol–water partition coefficient (Wildman–Crippen LogP) is 1.77. The summed E-state index contributed by atoms with van der Waals surface area (Å²) in [7, 11) is 0. The molecule has 2 aliphatic rings. The van der Waals surface area contributed by atoms with Crippen molar-refractivity contribution in [2.24, 2.45) is 11.8 Å². The van der Waals surface area contributed by atoms with Gasteiger partial charge in [0.1, 0.15) is 5.78 Å². The maximum atomic E-state index is 10.9. The molecule has 50 valence electrons. The Morgan fingerprint density at radius 1 is 1.00 bits per heavy atom. The van der Waals surface area contributed by atoms with Crippen LogP contribution >= 0.6 is 0 Å². The smallest absolute Gasteiger partial charge is 0.140 e. The summed E-state index contributed by atoms with van der Waals surface area (Å²) in [6.07, 6.45) is 6.35. The van der Waals surface area contributed by atoms with Crippen LogP contribution in [0.4, 0.5) is 0 Å². The number of rotatable bonds is 0. The summed E-state index contributed by atoms with van der Waals surface area (Å²) in [5.74, 6) is 1.61. The van der Waals surface area contributed by atoms with Crippen molar-refractivity contribution >= 4 is 5.78 Å². The van der Waals surface area contributed by atoms with Gasteiger partial charge in [-0.1, -0.05) is 19.3 Å². The van der Waals surface area contributed by atoms with E-state index in [2.05, 4.69) is 0 Å². The average molecular weight is 124 g/mol. The van der Waals surface area contributed by atoms with Crippen LogP contribution in [0.3, 0.4) is 0 Å². The molecule has 1 nitrogen and oxygen atoms in total. The SMILES string of the molecule is O=C1C2CCCCCC12. The van der Waals surface area contributed by atoms with Crippen molar-refractivity contribution < 1.29 is 4.79 Å². The molecule has 0 saturated heterocycles. The first-order valence-corrected chi connectivity index (χ1v) is 3.93. The third kappa shape index (κ3) is 0.790. The Balaban J connectivity index is 2.00. The van der Waals surface area contributed by atoms with Crippen molar-refractivity contribution in [3.05, 3.63) is 0 Å². The molecule has 0 heterocycles. The number of ketones is 1. The second kappa shape index (κ2) is 1.83. The van der Waals surface area contributed by atoms with Gasteiger partial charge in [-0.05, 0) is 12.8 Å². The molecule has 0 radical (unpaired) electrons. The van der Waals surface area contributed by atoms with Crippen LogP contribution in [0.15, 0.2) is 0 Å². The van der Waals surface area contributed by atoms with Crippen molar-refractivity contribution in [2.75, 3.05) is 0 Å². The van der Waals surface area contributed by atoms with Gasteiger partial charge in [-0.15, -0.1) is 0 Å². The minimum absolute atomic E-state index is 0.521. The van der Waals surface area contributed by atoms with E-state index in [1.54, 1.807) is 0 Å². The van der Waals surface area contributed by atoms with E-state index >= 15 is 0 Å². The minimum Gasteiger partial charge on any atom is -0.299 e. The first kappa shape index (κ1) is 5.45. The fourth-order valence-corrected chi connectivity index (χ4v) is 1.94. The Labute approximate surface area is 55.4 Å². The quantitative estimate of drug-likeness (QED) is 0.481. The molecule has 1 heteroatoms. The molecule has 0 aromatic heterocycles. The normalized spacial score (nSPS) is 41.6. The van der Waals surface area contributed by atoms with E-state index in [0.717, 1.165) is 0 Å². The summed E-state index contributed by atoms with van der Waals surface area (Å²) in [4.78, 5) is 10.9. The summed E-state index contributed by atoms with van der Waals surface area (Å²) in [5.41, 5.74) is 0. The van der Waals surface area contributed by atoms with E-state index in [4.69, 9.17) is 0 Å². The number of hydrogen-bond donors (Lipinski definition) is 0. The molecular formula is C8H12O. The molecule has 0 amide bonds. The summed E-state index contributed by atoms with van der Waals surface area (Å²) in [6, 6.07) is 0. The van der Waals surface area contributed by atoms with E-state index in [0.29, 0.717) is 17.6 Å². The zero-order chi connectivity index (χ0) is 6.27. The van der Waals surface area contributed by atoms with Gasteiger partial charge in [0.05, 0.1) is 0 Å². The lowest BCUT2D eigenvalue weighted by atomic mass is 10.2. The van der Waals surface area contributed by atoms with Crippen LogP contribution in [-0.2, 0) is 4.79 Å². The second-order valence-corrected chi connectivity index (χ2v) is 3.25. The van der Waals surface area contributed by atoms with E-state index in [9.17, 15) is 4.79 Å². The molecular weight excluding hydrogens is 112 g/mol. The minimum atomic E-state index is 0.521. The molecule has 2 fully saturated rings. The van der Waals surface area contributed by atoms with Gasteiger partial charge in [0, 0.05) is 11.8 Å². The number of carbonyl (C=O) groups excluding carboxylic acids is 1. The van der Waals surface area contributed by atoms with Gasteiger partial charge in [-0.25, -0.2) is 0 Å². The largest absolute Gasteiger partial charge is 0.299 e. The number of Topliss-reactive ketones (excluding diaryl/α,β-unsaturated/α-hetero) is 1. The third-order valence-electron chi connectivity index (χ3n) is 2.64. The second-order valence-electron chi connectivity index (χ2n) is 3.25. The highest BCUT2D eigenvalue weighted by atomic mass is 16.1. The van der Waals surface area contributed by atoms with Gasteiger partial charge >= 0.3 is 0 Å². The molecule has 2 saturated carbocycles. The monoisotopic (exact) mass is 124 g/mol. The third-order valence-corrected chi connectivity index (χ3v) is 2.64. The molecule has 2 unspecified atom stereocenters. The number of carbonyl (C=O) groups is 1. The van der Waals surface area contributed by atoms with Gasteiger partial charge in [0.2, 0.25) is 0 Å². The molecule has 0 spiro atoms. The highest BCUT2D eigenvalue weighted by Crippen LogP contribution is 2.43. The molecule has 0 N–H and O–H groups in total. The highest BCUT2D eigenvalue weighted by molar-refractivity contribution is 5.99. The zero-order valence-electron chi connectivity index (χ0n) is 5.60. The fourth-order valence-electron chi connectivity index (χ4n) is 1.94. The van der Waals surface area contributed by atoms with Crippen LogP contribution in [0.5, 0.6) is 0 Å². The first-order chi connectivity index (χ1) is 4.39. The average Bonchev–Trinajstić information content (AvgIpc) is 2.51. The lowest BCUT2D eigenvalue weighted by Gasteiger charge is -1.90. The molecule has 9 heavy (non-hydrogen) atoms. The van der Waals surface area contributed by atoms with Crippen molar-refractivity contribution in [3.8, 4) is 0 Å². The predicted molar refractivity (Wildman–Crippen MR) is 35.1 cm³/mol. The Morgan fingerprint density at radius 2 is 1.56 bits per heavy atom. The van der Waals surface area contributed by atoms with Gasteiger partial charge in [-0.2, -0.15) is 0 Å². The van der Waals surface area contributed by atoms with Crippen LogP contribution in [0, 0.1) is 11.8 Å². The van der Waals surface area contributed by atoms with E-state index in [-0.39, 0.29) is 0 Å². The van der Waals surface area contributed by atoms with Gasteiger partial charge in [-0.3, -0.25) is 4.79 Å². The summed E-state index contributed by atoms with van der Waals surface area (Å²) < 4.78 is 0. The van der Waals surface area contributed by atoms with Crippen molar-refractivity contribution in [1.29, 1.82) is 0 Å². The van der Waals surface area contributed by atoms with Gasteiger partial charge in [0.25, 0.3) is 0 Å². The maximum Gasteiger partial charge on any atom is 0.140 e. The van der Waals surface area contributed by atoms with Crippen LogP contribution in [0.25, 0.3) is 0 Å². The molecule has 0 aromatic rings. The van der Waals surface area contributed by atoms with Gasteiger partial charge < -0.3 is 0 Å². The summed E-state index contributed by atoms with van der Waals surface area (Å²) in [6.45, 7) is 0. The lowest BCUT2D eigenvalue weighted by molar-refractivity contribution is -0.112. The number of fused-ring (bicyclic) bond motifs is 1. The molecule has 0 aromatic carbocycles. The fraction of sp³-hybridized carbons (Fsp3) is 0.875. The van der Waals surface area contributed by atoms with Crippen LogP contribution in [0.2, 0.25) is 0 Å². The molecule has 0 bridgehead atoms. The summed E-state index contributed by atoms with van der Waals surface area (Å²) >= 11 is 0. The Morgan fingerprint density at radius 3 is 2.11 bits per heavy atom. The van der Waals surface area contributed by atoms with Crippen molar-refractivity contribution in [3.63, 3.8) is 0 Å². The van der Waals surface area contributed by atoms with E-state index in [1.807, 2.05) is 0 Å². The molecule has 2 rings (SSSR count).